The second-order valence-corrected chi connectivity index (χ2v) is 4.71. The maximum atomic E-state index is 4.20. The lowest BCUT2D eigenvalue weighted by molar-refractivity contribution is 0.412. The Kier molecular flexibility index (Phi) is 2.33. The van der Waals surface area contributed by atoms with Gasteiger partial charge in [0.1, 0.15) is 5.82 Å². The van der Waals surface area contributed by atoms with Gasteiger partial charge in [0.2, 0.25) is 0 Å². The van der Waals surface area contributed by atoms with Crippen LogP contribution in [0.15, 0.2) is 24.5 Å². The van der Waals surface area contributed by atoms with E-state index in [-0.39, 0.29) is 0 Å². The van der Waals surface area contributed by atoms with E-state index < -0.39 is 0 Å². The summed E-state index contributed by atoms with van der Waals surface area (Å²) >= 11 is 0. The van der Waals surface area contributed by atoms with E-state index in [1.165, 1.54) is 12.8 Å². The smallest absolute Gasteiger partial charge is 0.120 e. The highest BCUT2D eigenvalue weighted by molar-refractivity contribution is 5.10. The lowest BCUT2D eigenvalue weighted by Gasteiger charge is -2.18. The molecule has 2 N–H and O–H groups in total. The van der Waals surface area contributed by atoms with E-state index in [1.54, 1.807) is 6.20 Å². The molecule has 0 radical (unpaired) electrons. The van der Waals surface area contributed by atoms with Crippen LogP contribution in [0.2, 0.25) is 0 Å². The van der Waals surface area contributed by atoms with Crippen molar-refractivity contribution in [1.29, 1.82) is 0 Å². The zero-order chi connectivity index (χ0) is 10.1. The summed E-state index contributed by atoms with van der Waals surface area (Å²) in [5.74, 6) is 3.62. The molecule has 0 aliphatic heterocycles. The maximum Gasteiger partial charge on any atom is 0.120 e. The molecular formula is C12H17N3. The van der Waals surface area contributed by atoms with Crippen LogP contribution in [0.1, 0.15) is 18.7 Å². The molecule has 80 valence electrons. The van der Waals surface area contributed by atoms with E-state index in [9.17, 15) is 0 Å². The molecule has 1 heterocycles. The summed E-state index contributed by atoms with van der Waals surface area (Å²) in [6, 6.07) is 0. The van der Waals surface area contributed by atoms with Gasteiger partial charge in [-0.3, -0.25) is 0 Å². The van der Waals surface area contributed by atoms with Crippen LogP contribution >= 0.6 is 0 Å². The highest BCUT2D eigenvalue weighted by Gasteiger charge is 2.34. The van der Waals surface area contributed by atoms with E-state index in [4.69, 9.17) is 0 Å². The molecule has 3 heteroatoms. The molecule has 3 nitrogen and oxygen atoms in total. The van der Waals surface area contributed by atoms with Gasteiger partial charge in [-0.1, -0.05) is 12.2 Å². The first-order valence-corrected chi connectivity index (χ1v) is 5.79. The van der Waals surface area contributed by atoms with Crippen molar-refractivity contribution in [1.82, 2.24) is 15.3 Å². The summed E-state index contributed by atoms with van der Waals surface area (Å²) in [6.45, 7) is 2.00. The van der Waals surface area contributed by atoms with E-state index in [0.717, 1.165) is 36.7 Å². The first kappa shape index (κ1) is 9.16. The minimum absolute atomic E-state index is 0.846. The molecule has 0 amide bonds. The van der Waals surface area contributed by atoms with Crippen molar-refractivity contribution in [2.75, 3.05) is 6.54 Å². The standard InChI is InChI=1S/C12H17N3/c1-2-10-5-9(1)6-11(10)7-13-8-12-14-3-4-15-12/h1-4,9-11,13H,5-8H2,(H,14,15). The van der Waals surface area contributed by atoms with Crippen molar-refractivity contribution in [2.45, 2.75) is 19.4 Å². The Morgan fingerprint density at radius 2 is 2.40 bits per heavy atom. The fourth-order valence-electron chi connectivity index (χ4n) is 2.90. The lowest BCUT2D eigenvalue weighted by atomic mass is 9.94. The number of aromatic nitrogens is 2. The van der Waals surface area contributed by atoms with Crippen LogP contribution in [-0.4, -0.2) is 16.5 Å². The summed E-state index contributed by atoms with van der Waals surface area (Å²) in [4.78, 5) is 7.31. The monoisotopic (exact) mass is 203 g/mol. The number of hydrogen-bond donors (Lipinski definition) is 2. The summed E-state index contributed by atoms with van der Waals surface area (Å²) in [5, 5.41) is 3.49. The van der Waals surface area contributed by atoms with Gasteiger partial charge < -0.3 is 10.3 Å². The largest absolute Gasteiger partial charge is 0.348 e. The SMILES string of the molecule is C1=CC2CC1CC2CNCc1ncc[nH]1. The first-order valence-electron chi connectivity index (χ1n) is 5.79. The second kappa shape index (κ2) is 3.81. The van der Waals surface area contributed by atoms with Crippen LogP contribution in [-0.2, 0) is 6.54 Å². The number of H-pyrrole nitrogens is 1. The zero-order valence-corrected chi connectivity index (χ0v) is 8.82. The van der Waals surface area contributed by atoms with Gasteiger partial charge in [-0.05, 0) is 37.1 Å². The third-order valence-corrected chi connectivity index (χ3v) is 3.67. The van der Waals surface area contributed by atoms with Crippen LogP contribution in [0.25, 0.3) is 0 Å². The van der Waals surface area contributed by atoms with E-state index in [0.29, 0.717) is 0 Å². The highest BCUT2D eigenvalue weighted by Crippen LogP contribution is 2.42. The van der Waals surface area contributed by atoms with Gasteiger partial charge in [0.05, 0.1) is 6.54 Å². The van der Waals surface area contributed by atoms with Crippen molar-refractivity contribution in [2.24, 2.45) is 17.8 Å². The molecule has 1 fully saturated rings. The molecule has 1 aromatic rings. The summed E-state index contributed by atoms with van der Waals surface area (Å²) in [6.07, 6.45) is 11.3. The van der Waals surface area contributed by atoms with E-state index in [2.05, 4.69) is 27.4 Å². The van der Waals surface area contributed by atoms with Gasteiger partial charge in [-0.2, -0.15) is 0 Å². The molecule has 0 aromatic carbocycles. The average molecular weight is 203 g/mol. The lowest BCUT2D eigenvalue weighted by Crippen LogP contribution is -2.25. The average Bonchev–Trinajstić information content (AvgIpc) is 2.93. The van der Waals surface area contributed by atoms with E-state index >= 15 is 0 Å². The predicted molar refractivity (Wildman–Crippen MR) is 59.1 cm³/mol. The van der Waals surface area contributed by atoms with Gasteiger partial charge in [0, 0.05) is 12.4 Å². The van der Waals surface area contributed by atoms with Gasteiger partial charge in [-0.15, -0.1) is 0 Å². The first-order chi connectivity index (χ1) is 7.42. The third kappa shape index (κ3) is 1.84. The molecular weight excluding hydrogens is 186 g/mol. The Morgan fingerprint density at radius 3 is 3.07 bits per heavy atom. The number of hydrogen-bond acceptors (Lipinski definition) is 2. The van der Waals surface area contributed by atoms with Crippen molar-refractivity contribution in [3.63, 3.8) is 0 Å². The van der Waals surface area contributed by atoms with E-state index in [1.807, 2.05) is 6.20 Å². The Balaban J connectivity index is 1.45. The fraction of sp³-hybridized carbons (Fsp3) is 0.583. The topological polar surface area (TPSA) is 40.7 Å². The minimum atomic E-state index is 0.846. The van der Waals surface area contributed by atoms with Crippen LogP contribution < -0.4 is 5.32 Å². The van der Waals surface area contributed by atoms with Crippen LogP contribution in [0, 0.1) is 17.8 Å². The number of nitrogens with zero attached hydrogens (tertiary/aromatic N) is 1. The Labute approximate surface area is 90.0 Å². The zero-order valence-electron chi connectivity index (χ0n) is 8.82. The molecule has 15 heavy (non-hydrogen) atoms. The summed E-state index contributed by atoms with van der Waals surface area (Å²) in [7, 11) is 0. The van der Waals surface area contributed by atoms with Crippen LogP contribution in [0.4, 0.5) is 0 Å². The number of allylic oxidation sites excluding steroid dienone is 2. The quantitative estimate of drug-likeness (QED) is 0.731. The Hall–Kier alpha value is -1.09. The molecule has 2 aliphatic rings. The molecule has 2 aliphatic carbocycles. The molecule has 0 spiro atoms. The number of aromatic amines is 1. The summed E-state index contributed by atoms with van der Waals surface area (Å²) in [5.41, 5.74) is 0. The normalized spacial score (nSPS) is 32.7. The van der Waals surface area contributed by atoms with Gasteiger partial charge in [-0.25, -0.2) is 4.98 Å². The maximum absolute atomic E-state index is 4.20. The molecule has 2 bridgehead atoms. The molecule has 3 rings (SSSR count). The van der Waals surface area contributed by atoms with Gasteiger partial charge in [0.15, 0.2) is 0 Å². The molecule has 1 aromatic heterocycles. The minimum Gasteiger partial charge on any atom is -0.348 e. The van der Waals surface area contributed by atoms with Gasteiger partial charge >= 0.3 is 0 Å². The molecule has 3 unspecified atom stereocenters. The van der Waals surface area contributed by atoms with Crippen molar-refractivity contribution in [3.05, 3.63) is 30.4 Å². The fourth-order valence-corrected chi connectivity index (χ4v) is 2.90. The number of fused-ring (bicyclic) bond motifs is 2. The van der Waals surface area contributed by atoms with Crippen molar-refractivity contribution >= 4 is 0 Å². The number of nitrogens with one attached hydrogen (secondary N) is 2. The number of imidazole rings is 1. The molecule has 1 saturated carbocycles. The Bertz CT molecular complexity index is 342. The van der Waals surface area contributed by atoms with Crippen LogP contribution in [0.5, 0.6) is 0 Å². The molecule has 3 atom stereocenters. The van der Waals surface area contributed by atoms with Crippen LogP contribution in [0.3, 0.4) is 0 Å². The predicted octanol–water partition coefficient (Wildman–Crippen LogP) is 1.71. The van der Waals surface area contributed by atoms with Gasteiger partial charge in [0.25, 0.3) is 0 Å². The number of rotatable bonds is 4. The van der Waals surface area contributed by atoms with Crippen molar-refractivity contribution < 1.29 is 0 Å². The highest BCUT2D eigenvalue weighted by atomic mass is 15.0. The molecule has 0 saturated heterocycles. The Morgan fingerprint density at radius 1 is 1.40 bits per heavy atom. The summed E-state index contributed by atoms with van der Waals surface area (Å²) < 4.78 is 0. The third-order valence-electron chi connectivity index (χ3n) is 3.67. The second-order valence-electron chi connectivity index (χ2n) is 4.71. The van der Waals surface area contributed by atoms with Crippen molar-refractivity contribution in [3.8, 4) is 0 Å².